The highest BCUT2D eigenvalue weighted by molar-refractivity contribution is 7.90. The summed E-state index contributed by atoms with van der Waals surface area (Å²) < 4.78 is 24.6. The number of aromatic nitrogens is 2. The fraction of sp³-hybridized carbons (Fsp3) is 0.333. The molecule has 3 aromatic rings. The summed E-state index contributed by atoms with van der Waals surface area (Å²) in [5, 5.41) is 11.8. The Hall–Kier alpha value is -3.11. The van der Waals surface area contributed by atoms with Crippen molar-refractivity contribution in [2.75, 3.05) is 22.5 Å². The van der Waals surface area contributed by atoms with Gasteiger partial charge in [-0.05, 0) is 42.7 Å². The normalized spacial score (nSPS) is 16.1. The van der Waals surface area contributed by atoms with Crippen LogP contribution in [0.5, 0.6) is 0 Å². The van der Waals surface area contributed by atoms with Gasteiger partial charge in [0.25, 0.3) is 0 Å². The van der Waals surface area contributed by atoms with Gasteiger partial charge >= 0.3 is 0 Å². The summed E-state index contributed by atoms with van der Waals surface area (Å²) in [5.41, 5.74) is 3.76. The summed E-state index contributed by atoms with van der Waals surface area (Å²) in [6.45, 7) is 4.50. The van der Waals surface area contributed by atoms with E-state index in [1.165, 1.54) is 11.3 Å². The Labute approximate surface area is 202 Å². The molecular weight excluding hydrogens is 472 g/mol. The highest BCUT2D eigenvalue weighted by Gasteiger charge is 2.34. The standard InChI is InChI=1S/C24H26N4O4S2/c1-16-10-17(2)12-20(11-16)28-14-19(13-22(28)30)23-26-27-24(33-23)25-21(29)8-9-34(31,32)15-18-6-4-3-5-7-18/h3-7,10-12,19H,8-9,13-15H2,1-2H3,(H,25,27,29)/t19-/m1/s1. The maximum Gasteiger partial charge on any atom is 0.227 e. The van der Waals surface area contributed by atoms with Gasteiger partial charge in [-0.2, -0.15) is 0 Å². The van der Waals surface area contributed by atoms with Gasteiger partial charge in [0.15, 0.2) is 9.84 Å². The second-order valence-electron chi connectivity index (χ2n) is 8.57. The van der Waals surface area contributed by atoms with E-state index in [-0.39, 0.29) is 29.8 Å². The first kappa shape index (κ1) is 24.0. The molecule has 0 bridgehead atoms. The van der Waals surface area contributed by atoms with E-state index in [0.717, 1.165) is 16.8 Å². The predicted molar refractivity (Wildman–Crippen MR) is 133 cm³/mol. The maximum absolute atomic E-state index is 12.6. The largest absolute Gasteiger partial charge is 0.312 e. The number of nitrogens with zero attached hydrogens (tertiary/aromatic N) is 3. The Morgan fingerprint density at radius 3 is 2.53 bits per heavy atom. The summed E-state index contributed by atoms with van der Waals surface area (Å²) in [6, 6.07) is 14.9. The molecule has 2 amide bonds. The van der Waals surface area contributed by atoms with Crippen molar-refractivity contribution in [2.24, 2.45) is 0 Å². The number of amides is 2. The van der Waals surface area contributed by atoms with Crippen LogP contribution < -0.4 is 10.2 Å². The van der Waals surface area contributed by atoms with E-state index < -0.39 is 15.7 Å². The molecular formula is C24H26N4O4S2. The van der Waals surface area contributed by atoms with Crippen molar-refractivity contribution in [3.8, 4) is 0 Å². The minimum Gasteiger partial charge on any atom is -0.312 e. The first-order valence-corrected chi connectivity index (χ1v) is 13.6. The van der Waals surface area contributed by atoms with Crippen molar-refractivity contribution in [2.45, 2.75) is 38.4 Å². The Bertz CT molecular complexity index is 1290. The van der Waals surface area contributed by atoms with Gasteiger partial charge in [0.05, 0.1) is 11.5 Å². The summed E-state index contributed by atoms with van der Waals surface area (Å²) in [4.78, 5) is 26.7. The first-order chi connectivity index (χ1) is 16.2. The van der Waals surface area contributed by atoms with E-state index >= 15 is 0 Å². The zero-order valence-electron chi connectivity index (χ0n) is 19.0. The van der Waals surface area contributed by atoms with Crippen molar-refractivity contribution in [3.63, 3.8) is 0 Å². The van der Waals surface area contributed by atoms with E-state index in [1.807, 2.05) is 32.0 Å². The monoisotopic (exact) mass is 498 g/mol. The Balaban J connectivity index is 1.32. The Kier molecular flexibility index (Phi) is 7.08. The fourth-order valence-electron chi connectivity index (χ4n) is 4.01. The van der Waals surface area contributed by atoms with Crippen LogP contribution in [-0.2, 0) is 25.2 Å². The third-order valence-electron chi connectivity index (χ3n) is 5.55. The van der Waals surface area contributed by atoms with Crippen LogP contribution in [0.25, 0.3) is 0 Å². The lowest BCUT2D eigenvalue weighted by molar-refractivity contribution is -0.117. The fourth-order valence-corrected chi connectivity index (χ4v) is 6.20. The molecule has 34 heavy (non-hydrogen) atoms. The molecule has 178 valence electrons. The molecule has 2 aromatic carbocycles. The number of aryl methyl sites for hydroxylation is 2. The molecule has 0 radical (unpaired) electrons. The van der Waals surface area contributed by atoms with Crippen molar-refractivity contribution in [1.29, 1.82) is 0 Å². The SMILES string of the molecule is Cc1cc(C)cc(N2C[C@H](c3nnc(NC(=O)CCS(=O)(=O)Cc4ccccc4)s3)CC2=O)c1. The van der Waals surface area contributed by atoms with Crippen LogP contribution >= 0.6 is 11.3 Å². The van der Waals surface area contributed by atoms with E-state index in [1.54, 1.807) is 29.2 Å². The number of anilines is 2. The van der Waals surface area contributed by atoms with Gasteiger partial charge in [-0.25, -0.2) is 8.42 Å². The van der Waals surface area contributed by atoms with Crippen molar-refractivity contribution < 1.29 is 18.0 Å². The molecule has 0 unspecified atom stereocenters. The summed E-state index contributed by atoms with van der Waals surface area (Å²) in [7, 11) is -3.41. The zero-order valence-corrected chi connectivity index (χ0v) is 20.7. The number of benzene rings is 2. The highest BCUT2D eigenvalue weighted by atomic mass is 32.2. The third kappa shape index (κ3) is 6.06. The molecule has 1 aliphatic rings. The van der Waals surface area contributed by atoms with E-state index in [0.29, 0.717) is 28.7 Å². The molecule has 0 aliphatic carbocycles. The number of nitrogens with one attached hydrogen (secondary N) is 1. The lowest BCUT2D eigenvalue weighted by atomic mass is 10.1. The third-order valence-corrected chi connectivity index (χ3v) is 8.15. The quantitative estimate of drug-likeness (QED) is 0.508. The average molecular weight is 499 g/mol. The van der Waals surface area contributed by atoms with Crippen molar-refractivity contribution >= 4 is 43.8 Å². The molecule has 1 fully saturated rings. The minimum absolute atomic E-state index is 0.0272. The van der Waals surface area contributed by atoms with E-state index in [4.69, 9.17) is 0 Å². The van der Waals surface area contributed by atoms with Gasteiger partial charge in [0.1, 0.15) is 5.01 Å². The van der Waals surface area contributed by atoms with Crippen LogP contribution in [0, 0.1) is 13.8 Å². The molecule has 10 heteroatoms. The van der Waals surface area contributed by atoms with Crippen LogP contribution in [0.1, 0.15) is 40.5 Å². The van der Waals surface area contributed by atoms with Gasteiger partial charge < -0.3 is 10.2 Å². The van der Waals surface area contributed by atoms with Gasteiger partial charge in [-0.1, -0.05) is 47.7 Å². The number of hydrogen-bond acceptors (Lipinski definition) is 7. The smallest absolute Gasteiger partial charge is 0.227 e. The topological polar surface area (TPSA) is 109 Å². The average Bonchev–Trinajstić information content (AvgIpc) is 3.38. The molecule has 1 aromatic heterocycles. The predicted octanol–water partition coefficient (Wildman–Crippen LogP) is 3.62. The first-order valence-electron chi connectivity index (χ1n) is 10.9. The number of carbonyl (C=O) groups excluding carboxylic acids is 2. The molecule has 1 atom stereocenters. The van der Waals surface area contributed by atoms with Crippen LogP contribution in [0.15, 0.2) is 48.5 Å². The molecule has 0 saturated carbocycles. The highest BCUT2D eigenvalue weighted by Crippen LogP contribution is 2.34. The summed E-state index contributed by atoms with van der Waals surface area (Å²) in [6.07, 6.45) is 0.166. The molecule has 8 nitrogen and oxygen atoms in total. The molecule has 1 aliphatic heterocycles. The molecule has 0 spiro atoms. The number of rotatable bonds is 8. The summed E-state index contributed by atoms with van der Waals surface area (Å²) in [5.74, 6) is -0.862. The van der Waals surface area contributed by atoms with Crippen LogP contribution in [0.4, 0.5) is 10.8 Å². The van der Waals surface area contributed by atoms with Crippen molar-refractivity contribution in [1.82, 2.24) is 10.2 Å². The minimum atomic E-state index is -3.41. The van der Waals surface area contributed by atoms with Crippen LogP contribution in [-0.4, -0.2) is 42.7 Å². The van der Waals surface area contributed by atoms with Crippen molar-refractivity contribution in [3.05, 3.63) is 70.2 Å². The van der Waals surface area contributed by atoms with Gasteiger partial charge in [0, 0.05) is 31.0 Å². The number of carbonyl (C=O) groups is 2. The number of sulfone groups is 1. The van der Waals surface area contributed by atoms with Gasteiger partial charge in [0.2, 0.25) is 16.9 Å². The Morgan fingerprint density at radius 2 is 1.82 bits per heavy atom. The van der Waals surface area contributed by atoms with Crippen LogP contribution in [0.2, 0.25) is 0 Å². The zero-order chi connectivity index (χ0) is 24.3. The second-order valence-corrected chi connectivity index (χ2v) is 11.8. The van der Waals surface area contributed by atoms with E-state index in [9.17, 15) is 18.0 Å². The van der Waals surface area contributed by atoms with Gasteiger partial charge in [-0.3, -0.25) is 9.59 Å². The van der Waals surface area contributed by atoms with Gasteiger partial charge in [-0.15, -0.1) is 10.2 Å². The lowest BCUT2D eigenvalue weighted by Crippen LogP contribution is -2.24. The molecule has 1 N–H and O–H groups in total. The molecule has 2 heterocycles. The second kappa shape index (κ2) is 10.0. The molecule has 4 rings (SSSR count). The number of hydrogen-bond donors (Lipinski definition) is 1. The molecule has 1 saturated heterocycles. The summed E-state index contributed by atoms with van der Waals surface area (Å²) >= 11 is 1.22. The lowest BCUT2D eigenvalue weighted by Gasteiger charge is -2.17. The van der Waals surface area contributed by atoms with Crippen LogP contribution in [0.3, 0.4) is 0 Å². The Morgan fingerprint density at radius 1 is 1.12 bits per heavy atom. The maximum atomic E-state index is 12.6. The van der Waals surface area contributed by atoms with E-state index in [2.05, 4.69) is 21.6 Å².